The van der Waals surface area contributed by atoms with Crippen molar-refractivity contribution in [2.45, 2.75) is 52.5 Å². The highest BCUT2D eigenvalue weighted by Gasteiger charge is 2.23. The van der Waals surface area contributed by atoms with E-state index in [-0.39, 0.29) is 5.38 Å². The van der Waals surface area contributed by atoms with Gasteiger partial charge in [-0.1, -0.05) is 26.3 Å². The van der Waals surface area contributed by atoms with Crippen molar-refractivity contribution in [3.8, 4) is 5.75 Å². The van der Waals surface area contributed by atoms with Crippen LogP contribution in [-0.4, -0.2) is 16.2 Å². The zero-order valence-electron chi connectivity index (χ0n) is 13.6. The zero-order chi connectivity index (χ0) is 15.6. The van der Waals surface area contributed by atoms with E-state index in [1.807, 2.05) is 26.0 Å². The molecule has 21 heavy (non-hydrogen) atoms. The highest BCUT2D eigenvalue weighted by Crippen LogP contribution is 2.35. The van der Waals surface area contributed by atoms with Gasteiger partial charge in [-0.3, -0.25) is 0 Å². The molecule has 0 N–H and O–H groups in total. The van der Waals surface area contributed by atoms with E-state index in [2.05, 4.69) is 31.4 Å². The number of fused-ring (bicyclic) bond motifs is 1. The van der Waals surface area contributed by atoms with Gasteiger partial charge in [0.1, 0.15) is 17.1 Å². The van der Waals surface area contributed by atoms with Crippen LogP contribution >= 0.6 is 11.6 Å². The van der Waals surface area contributed by atoms with Crippen molar-refractivity contribution in [3.05, 3.63) is 24.0 Å². The van der Waals surface area contributed by atoms with Gasteiger partial charge in [0.15, 0.2) is 0 Å². The summed E-state index contributed by atoms with van der Waals surface area (Å²) in [6.45, 7) is 11.3. The Morgan fingerprint density at radius 1 is 1.24 bits per heavy atom. The molecular formula is C17H25ClN2O. The Labute approximate surface area is 132 Å². The number of para-hydroxylation sites is 1. The number of hydrogen-bond acceptors (Lipinski definition) is 2. The molecule has 0 amide bonds. The molecule has 2 aromatic rings. The van der Waals surface area contributed by atoms with Crippen LogP contribution in [0.1, 0.15) is 58.3 Å². The second kappa shape index (κ2) is 6.69. The highest BCUT2D eigenvalue weighted by molar-refractivity contribution is 6.20. The Kier molecular flexibility index (Phi) is 5.15. The van der Waals surface area contributed by atoms with E-state index in [1.54, 1.807) is 0 Å². The average molecular weight is 309 g/mol. The van der Waals surface area contributed by atoms with Crippen molar-refractivity contribution in [2.75, 3.05) is 6.61 Å². The van der Waals surface area contributed by atoms with Crippen LogP contribution < -0.4 is 4.74 Å². The van der Waals surface area contributed by atoms with Crippen molar-refractivity contribution >= 4 is 22.6 Å². The molecule has 116 valence electrons. The second-order valence-corrected chi connectivity index (χ2v) is 6.29. The minimum atomic E-state index is -0.126. The normalized spacial score (nSPS) is 15.9. The van der Waals surface area contributed by atoms with Gasteiger partial charge in [0, 0.05) is 6.04 Å². The van der Waals surface area contributed by atoms with Gasteiger partial charge in [0.25, 0.3) is 0 Å². The highest BCUT2D eigenvalue weighted by atomic mass is 35.5. The Morgan fingerprint density at radius 3 is 2.52 bits per heavy atom. The fourth-order valence-corrected chi connectivity index (χ4v) is 2.84. The first kappa shape index (κ1) is 16.2. The van der Waals surface area contributed by atoms with E-state index in [0.29, 0.717) is 18.6 Å². The standard InChI is InChI=1S/C17H25ClN2O/c1-6-11(3)13(5)20-14-9-8-10-15(21-7-2)16(14)19-17(20)12(4)18/h8-13H,6-7H2,1-5H3. The molecule has 3 nitrogen and oxygen atoms in total. The molecule has 1 aromatic heterocycles. The minimum absolute atomic E-state index is 0.126. The number of hydrogen-bond donors (Lipinski definition) is 0. The predicted octanol–water partition coefficient (Wildman–Crippen LogP) is 5.34. The lowest BCUT2D eigenvalue weighted by molar-refractivity contribution is 0.343. The summed E-state index contributed by atoms with van der Waals surface area (Å²) in [5, 5.41) is -0.126. The average Bonchev–Trinajstić information content (AvgIpc) is 2.86. The summed E-state index contributed by atoms with van der Waals surface area (Å²) >= 11 is 6.38. The van der Waals surface area contributed by atoms with Crippen LogP contribution in [0.15, 0.2) is 18.2 Å². The zero-order valence-corrected chi connectivity index (χ0v) is 14.3. The summed E-state index contributed by atoms with van der Waals surface area (Å²) in [6, 6.07) is 6.46. The molecule has 0 aliphatic carbocycles. The summed E-state index contributed by atoms with van der Waals surface area (Å²) in [4.78, 5) is 4.77. The summed E-state index contributed by atoms with van der Waals surface area (Å²) in [5.74, 6) is 2.32. The molecule has 2 rings (SSSR count). The van der Waals surface area contributed by atoms with E-state index < -0.39 is 0 Å². The lowest BCUT2D eigenvalue weighted by atomic mass is 10.0. The number of benzene rings is 1. The smallest absolute Gasteiger partial charge is 0.147 e. The third-order valence-corrected chi connectivity index (χ3v) is 4.44. The third kappa shape index (κ3) is 3.03. The first-order valence-corrected chi connectivity index (χ1v) is 8.22. The number of ether oxygens (including phenoxy) is 1. The van der Waals surface area contributed by atoms with Gasteiger partial charge in [-0.05, 0) is 38.8 Å². The van der Waals surface area contributed by atoms with E-state index in [4.69, 9.17) is 21.3 Å². The predicted molar refractivity (Wildman–Crippen MR) is 89.3 cm³/mol. The van der Waals surface area contributed by atoms with Crippen LogP contribution in [0.4, 0.5) is 0 Å². The Bertz CT molecular complexity index is 606. The largest absolute Gasteiger partial charge is 0.492 e. The van der Waals surface area contributed by atoms with Gasteiger partial charge in [-0.2, -0.15) is 0 Å². The molecule has 0 spiro atoms. The number of halogens is 1. The third-order valence-electron chi connectivity index (χ3n) is 4.24. The molecule has 0 aliphatic heterocycles. The minimum Gasteiger partial charge on any atom is -0.492 e. The van der Waals surface area contributed by atoms with Gasteiger partial charge in [0.2, 0.25) is 0 Å². The van der Waals surface area contributed by atoms with Crippen molar-refractivity contribution in [3.63, 3.8) is 0 Å². The van der Waals surface area contributed by atoms with Crippen molar-refractivity contribution < 1.29 is 4.74 Å². The number of nitrogens with zero attached hydrogens (tertiary/aromatic N) is 2. The van der Waals surface area contributed by atoms with Crippen LogP contribution in [0.3, 0.4) is 0 Å². The topological polar surface area (TPSA) is 27.1 Å². The maximum absolute atomic E-state index is 6.38. The summed E-state index contributed by atoms with van der Waals surface area (Å²) < 4.78 is 8.00. The van der Waals surface area contributed by atoms with Crippen LogP contribution in [0, 0.1) is 5.92 Å². The molecule has 1 heterocycles. The van der Waals surface area contributed by atoms with Crippen LogP contribution in [0.2, 0.25) is 0 Å². The number of aromatic nitrogens is 2. The number of alkyl halides is 1. The van der Waals surface area contributed by atoms with Gasteiger partial charge >= 0.3 is 0 Å². The van der Waals surface area contributed by atoms with Crippen molar-refractivity contribution in [1.82, 2.24) is 9.55 Å². The number of rotatable bonds is 6. The second-order valence-electron chi connectivity index (χ2n) is 5.64. The van der Waals surface area contributed by atoms with Crippen molar-refractivity contribution in [2.24, 2.45) is 5.92 Å². The lowest BCUT2D eigenvalue weighted by Crippen LogP contribution is -2.16. The van der Waals surface area contributed by atoms with Gasteiger partial charge < -0.3 is 9.30 Å². The van der Waals surface area contributed by atoms with E-state index in [9.17, 15) is 0 Å². The fraction of sp³-hybridized carbons (Fsp3) is 0.588. The van der Waals surface area contributed by atoms with Crippen LogP contribution in [0.5, 0.6) is 5.75 Å². The SMILES string of the molecule is CCOc1cccc2c1nc(C(C)Cl)n2C(C)C(C)CC. The Balaban J connectivity index is 2.66. The molecule has 0 aliphatic rings. The van der Waals surface area contributed by atoms with E-state index in [1.165, 1.54) is 0 Å². The lowest BCUT2D eigenvalue weighted by Gasteiger charge is -2.23. The Morgan fingerprint density at radius 2 is 1.95 bits per heavy atom. The fourth-order valence-electron chi connectivity index (χ4n) is 2.69. The van der Waals surface area contributed by atoms with Crippen LogP contribution in [-0.2, 0) is 0 Å². The first-order chi connectivity index (χ1) is 10.0. The maximum atomic E-state index is 6.38. The summed E-state index contributed by atoms with van der Waals surface area (Å²) in [6.07, 6.45) is 1.13. The van der Waals surface area contributed by atoms with Gasteiger partial charge in [0.05, 0.1) is 17.5 Å². The molecule has 3 atom stereocenters. The molecule has 0 bridgehead atoms. The molecule has 0 radical (unpaired) electrons. The monoisotopic (exact) mass is 308 g/mol. The summed E-state index contributed by atoms with van der Waals surface area (Å²) in [7, 11) is 0. The molecule has 0 saturated heterocycles. The Hall–Kier alpha value is -1.22. The molecule has 4 heteroatoms. The molecular weight excluding hydrogens is 284 g/mol. The van der Waals surface area contributed by atoms with Gasteiger partial charge in [-0.15, -0.1) is 11.6 Å². The maximum Gasteiger partial charge on any atom is 0.147 e. The van der Waals surface area contributed by atoms with Crippen LogP contribution in [0.25, 0.3) is 11.0 Å². The summed E-state index contributed by atoms with van der Waals surface area (Å²) in [5.41, 5.74) is 2.02. The molecule has 3 unspecified atom stereocenters. The molecule has 0 fully saturated rings. The first-order valence-electron chi connectivity index (χ1n) is 7.78. The quantitative estimate of drug-likeness (QED) is 0.673. The van der Waals surface area contributed by atoms with E-state index >= 15 is 0 Å². The van der Waals surface area contributed by atoms with Crippen molar-refractivity contribution in [1.29, 1.82) is 0 Å². The van der Waals surface area contributed by atoms with E-state index in [0.717, 1.165) is 29.0 Å². The molecule has 1 aromatic carbocycles. The molecule has 0 saturated carbocycles. The number of imidazole rings is 1. The van der Waals surface area contributed by atoms with Gasteiger partial charge in [-0.25, -0.2) is 4.98 Å².